The molecule has 2 atom stereocenters. The predicted octanol–water partition coefficient (Wildman–Crippen LogP) is 0.837. The van der Waals surface area contributed by atoms with E-state index in [0.29, 0.717) is 19.4 Å². The summed E-state index contributed by atoms with van der Waals surface area (Å²) in [6, 6.07) is 0.253. The fraction of sp³-hybridized carbons (Fsp3) is 0.917. The van der Waals surface area contributed by atoms with E-state index >= 15 is 0 Å². The molecule has 0 radical (unpaired) electrons. The predicted molar refractivity (Wildman–Crippen MR) is 70.2 cm³/mol. The van der Waals surface area contributed by atoms with E-state index in [2.05, 4.69) is 9.64 Å². The molecule has 5 nitrogen and oxygen atoms in total. The maximum Gasteiger partial charge on any atom is 0.306 e. The van der Waals surface area contributed by atoms with Gasteiger partial charge < -0.3 is 9.64 Å². The van der Waals surface area contributed by atoms with Crippen molar-refractivity contribution in [1.29, 1.82) is 0 Å². The van der Waals surface area contributed by atoms with Crippen LogP contribution in [0.5, 0.6) is 0 Å². The van der Waals surface area contributed by atoms with Gasteiger partial charge in [0.15, 0.2) is 0 Å². The zero-order valence-electron chi connectivity index (χ0n) is 11.4. The lowest BCUT2D eigenvalue weighted by molar-refractivity contribution is -0.141. The molecular formula is C12H23NO4S. The molecule has 0 spiro atoms. The Kier molecular flexibility index (Phi) is 5.59. The average molecular weight is 277 g/mol. The van der Waals surface area contributed by atoms with Gasteiger partial charge in [-0.3, -0.25) is 4.79 Å². The number of carbonyl (C=O) groups excluding carboxylic acids is 1. The topological polar surface area (TPSA) is 63.7 Å². The summed E-state index contributed by atoms with van der Waals surface area (Å²) < 4.78 is 27.8. The van der Waals surface area contributed by atoms with Crippen LogP contribution in [-0.2, 0) is 19.4 Å². The summed E-state index contributed by atoms with van der Waals surface area (Å²) in [5.41, 5.74) is 0. The zero-order chi connectivity index (χ0) is 13.8. The fourth-order valence-corrected chi connectivity index (χ4v) is 3.63. The first-order valence-corrected chi connectivity index (χ1v) is 8.26. The molecule has 0 aromatic rings. The molecule has 1 rings (SSSR count). The lowest BCUT2D eigenvalue weighted by atomic mass is 9.94. The van der Waals surface area contributed by atoms with Crippen LogP contribution >= 0.6 is 0 Å². The Morgan fingerprint density at radius 3 is 2.61 bits per heavy atom. The van der Waals surface area contributed by atoms with Gasteiger partial charge in [-0.25, -0.2) is 8.42 Å². The summed E-state index contributed by atoms with van der Waals surface area (Å²) in [7, 11) is 0.374. The third kappa shape index (κ3) is 4.57. The van der Waals surface area contributed by atoms with Gasteiger partial charge in [-0.05, 0) is 26.3 Å². The van der Waals surface area contributed by atoms with Gasteiger partial charge in [0.25, 0.3) is 0 Å². The second-order valence-electron chi connectivity index (χ2n) is 5.08. The molecule has 1 aliphatic rings. The number of hydrogen-bond donors (Lipinski definition) is 0. The number of sulfone groups is 1. The van der Waals surface area contributed by atoms with E-state index in [1.54, 1.807) is 0 Å². The normalized spacial score (nSPS) is 25.1. The molecule has 0 saturated heterocycles. The van der Waals surface area contributed by atoms with E-state index in [-0.39, 0.29) is 17.3 Å². The molecule has 0 aromatic heterocycles. The van der Waals surface area contributed by atoms with Gasteiger partial charge in [0.2, 0.25) is 0 Å². The minimum atomic E-state index is -2.95. The van der Waals surface area contributed by atoms with Crippen molar-refractivity contribution in [2.75, 3.05) is 27.0 Å². The second kappa shape index (κ2) is 6.52. The van der Waals surface area contributed by atoms with Gasteiger partial charge >= 0.3 is 5.97 Å². The van der Waals surface area contributed by atoms with Crippen molar-refractivity contribution in [3.8, 4) is 0 Å². The second-order valence-corrected chi connectivity index (χ2v) is 7.40. The first-order chi connectivity index (χ1) is 8.34. The third-order valence-electron chi connectivity index (χ3n) is 3.72. The zero-order valence-corrected chi connectivity index (χ0v) is 12.2. The number of methoxy groups -OCH3 is 1. The number of carbonyl (C=O) groups is 1. The van der Waals surface area contributed by atoms with Crippen molar-refractivity contribution in [2.24, 2.45) is 0 Å². The number of esters is 1. The lowest BCUT2D eigenvalue weighted by Crippen LogP contribution is -2.40. The Bertz CT molecular complexity index is 380. The van der Waals surface area contributed by atoms with Crippen molar-refractivity contribution in [1.82, 2.24) is 4.90 Å². The van der Waals surface area contributed by atoms with E-state index in [9.17, 15) is 13.2 Å². The first kappa shape index (κ1) is 15.4. The lowest BCUT2D eigenvalue weighted by Gasteiger charge is -2.34. The highest BCUT2D eigenvalue weighted by Crippen LogP contribution is 2.26. The maximum absolute atomic E-state index is 11.6. The average Bonchev–Trinajstić information content (AvgIpc) is 2.34. The fourth-order valence-electron chi connectivity index (χ4n) is 2.46. The van der Waals surface area contributed by atoms with Crippen LogP contribution in [0.4, 0.5) is 0 Å². The van der Waals surface area contributed by atoms with Crippen molar-refractivity contribution in [3.05, 3.63) is 0 Å². The first-order valence-electron chi connectivity index (χ1n) is 6.30. The van der Waals surface area contributed by atoms with Gasteiger partial charge in [-0.1, -0.05) is 6.42 Å². The Labute approximate surface area is 109 Å². The van der Waals surface area contributed by atoms with E-state index in [1.807, 2.05) is 7.05 Å². The van der Waals surface area contributed by atoms with Crippen LogP contribution in [0.3, 0.4) is 0 Å². The maximum atomic E-state index is 11.6. The molecule has 0 heterocycles. The summed E-state index contributed by atoms with van der Waals surface area (Å²) in [4.78, 5) is 13.2. The molecular weight excluding hydrogens is 254 g/mol. The van der Waals surface area contributed by atoms with Crippen molar-refractivity contribution in [2.45, 2.75) is 43.4 Å². The van der Waals surface area contributed by atoms with Gasteiger partial charge in [-0.15, -0.1) is 0 Å². The number of ether oxygens (including phenoxy) is 1. The van der Waals surface area contributed by atoms with Crippen LogP contribution in [0, 0.1) is 0 Å². The molecule has 1 aliphatic carbocycles. The Morgan fingerprint density at radius 1 is 1.39 bits per heavy atom. The van der Waals surface area contributed by atoms with Gasteiger partial charge in [-0.2, -0.15) is 0 Å². The smallest absolute Gasteiger partial charge is 0.306 e. The van der Waals surface area contributed by atoms with Crippen LogP contribution in [-0.4, -0.2) is 57.5 Å². The van der Waals surface area contributed by atoms with Gasteiger partial charge in [0, 0.05) is 18.8 Å². The molecule has 1 fully saturated rings. The van der Waals surface area contributed by atoms with Crippen LogP contribution in [0.2, 0.25) is 0 Å². The Hall–Kier alpha value is -0.620. The van der Waals surface area contributed by atoms with Crippen molar-refractivity contribution >= 4 is 15.8 Å². The summed E-state index contributed by atoms with van der Waals surface area (Å²) in [6.07, 6.45) is 5.05. The molecule has 0 amide bonds. The number of rotatable bonds is 5. The molecule has 0 aromatic carbocycles. The molecule has 18 heavy (non-hydrogen) atoms. The highest BCUT2D eigenvalue weighted by molar-refractivity contribution is 7.91. The van der Waals surface area contributed by atoms with E-state index in [1.165, 1.54) is 13.4 Å². The van der Waals surface area contributed by atoms with E-state index < -0.39 is 9.84 Å². The van der Waals surface area contributed by atoms with Gasteiger partial charge in [0.05, 0.1) is 18.8 Å². The van der Waals surface area contributed by atoms with E-state index in [0.717, 1.165) is 19.3 Å². The monoisotopic (exact) mass is 277 g/mol. The van der Waals surface area contributed by atoms with Gasteiger partial charge in [0.1, 0.15) is 9.84 Å². The summed E-state index contributed by atoms with van der Waals surface area (Å²) in [5.74, 6) is -0.225. The summed E-state index contributed by atoms with van der Waals surface area (Å²) in [5, 5.41) is -0.225. The van der Waals surface area contributed by atoms with Crippen molar-refractivity contribution < 1.29 is 17.9 Å². The Balaban J connectivity index is 2.48. The molecule has 6 heteroatoms. The molecule has 106 valence electrons. The highest BCUT2D eigenvalue weighted by Gasteiger charge is 2.30. The Morgan fingerprint density at radius 2 is 2.06 bits per heavy atom. The molecule has 2 unspecified atom stereocenters. The minimum Gasteiger partial charge on any atom is -0.469 e. The molecule has 1 saturated carbocycles. The van der Waals surface area contributed by atoms with Crippen LogP contribution < -0.4 is 0 Å². The molecule has 0 aliphatic heterocycles. The quantitative estimate of drug-likeness (QED) is 0.697. The van der Waals surface area contributed by atoms with Crippen LogP contribution in [0.25, 0.3) is 0 Å². The van der Waals surface area contributed by atoms with E-state index in [4.69, 9.17) is 0 Å². The highest BCUT2D eigenvalue weighted by atomic mass is 32.2. The van der Waals surface area contributed by atoms with Crippen LogP contribution in [0.1, 0.15) is 32.1 Å². The SMILES string of the molecule is COC(=O)CCN(C)C1CCCC(S(C)(=O)=O)C1. The number of nitrogens with zero attached hydrogens (tertiary/aromatic N) is 1. The summed E-state index contributed by atoms with van der Waals surface area (Å²) in [6.45, 7) is 0.619. The third-order valence-corrected chi connectivity index (χ3v) is 5.36. The molecule has 0 bridgehead atoms. The van der Waals surface area contributed by atoms with Crippen molar-refractivity contribution in [3.63, 3.8) is 0 Å². The standard InChI is InChI=1S/C12H23NO4S/c1-13(8-7-12(14)17-2)10-5-4-6-11(9-10)18(3,15)16/h10-11H,4-9H2,1-3H3. The number of hydrogen-bond acceptors (Lipinski definition) is 5. The largest absolute Gasteiger partial charge is 0.469 e. The minimum absolute atomic E-state index is 0.225. The van der Waals surface area contributed by atoms with Crippen LogP contribution in [0.15, 0.2) is 0 Å². The summed E-state index contributed by atoms with van der Waals surface area (Å²) >= 11 is 0. The molecule has 0 N–H and O–H groups in total.